The minimum Gasteiger partial charge on any atom is -0.351 e. The number of nitrogens with zero attached hydrogens (tertiary/aromatic N) is 6. The van der Waals surface area contributed by atoms with E-state index in [2.05, 4.69) is 25.0 Å². The van der Waals surface area contributed by atoms with Gasteiger partial charge in [0.2, 0.25) is 5.65 Å². The van der Waals surface area contributed by atoms with Crippen LogP contribution in [0.15, 0.2) is 18.5 Å². The van der Waals surface area contributed by atoms with E-state index in [0.29, 0.717) is 23.0 Å². The van der Waals surface area contributed by atoms with Gasteiger partial charge in [-0.15, -0.1) is 10.2 Å². The maximum atomic E-state index is 13.2. The number of halogens is 4. The Morgan fingerprint density at radius 2 is 2.00 bits per heavy atom. The van der Waals surface area contributed by atoms with Crippen molar-refractivity contribution in [3.8, 4) is 0 Å². The molecule has 0 saturated carbocycles. The summed E-state index contributed by atoms with van der Waals surface area (Å²) in [4.78, 5) is 9.26. The molecule has 0 radical (unpaired) electrons. The molecule has 0 bridgehead atoms. The summed E-state index contributed by atoms with van der Waals surface area (Å²) in [6.45, 7) is 3.69. The molecule has 0 amide bonds. The Morgan fingerprint density at radius 3 is 2.81 bits per heavy atom. The summed E-state index contributed by atoms with van der Waals surface area (Å²) in [6, 6.07) is 2.77. The molecule has 2 fully saturated rings. The highest BCUT2D eigenvalue weighted by Crippen LogP contribution is 2.38. The third-order valence-electron chi connectivity index (χ3n) is 5.49. The van der Waals surface area contributed by atoms with Crippen LogP contribution < -0.4 is 4.90 Å². The summed E-state index contributed by atoms with van der Waals surface area (Å²) in [5, 5.41) is 7.67. The number of hydrogen-bond acceptors (Lipinski definition) is 5. The lowest BCUT2D eigenvalue weighted by atomic mass is 10.1. The van der Waals surface area contributed by atoms with E-state index in [9.17, 15) is 13.2 Å². The van der Waals surface area contributed by atoms with Crippen LogP contribution in [0.1, 0.15) is 18.4 Å². The van der Waals surface area contributed by atoms with Gasteiger partial charge in [-0.05, 0) is 31.5 Å². The van der Waals surface area contributed by atoms with Crippen molar-refractivity contribution in [2.24, 2.45) is 0 Å². The summed E-state index contributed by atoms with van der Waals surface area (Å²) in [5.74, 6) is 0.641. The van der Waals surface area contributed by atoms with Crippen molar-refractivity contribution in [2.45, 2.75) is 25.1 Å². The third-order valence-corrected chi connectivity index (χ3v) is 5.80. The van der Waals surface area contributed by atoms with Crippen molar-refractivity contribution < 1.29 is 13.2 Å². The predicted octanol–water partition coefficient (Wildman–Crippen LogP) is 3.23. The van der Waals surface area contributed by atoms with E-state index in [-0.39, 0.29) is 10.5 Å². The van der Waals surface area contributed by atoms with E-state index in [1.165, 1.54) is 18.8 Å². The number of rotatable bonds is 1. The molecule has 2 aliphatic rings. The Kier molecular flexibility index (Phi) is 3.74. The van der Waals surface area contributed by atoms with Crippen molar-refractivity contribution in [1.29, 1.82) is 0 Å². The quantitative estimate of drug-likeness (QED) is 0.632. The number of fused-ring (bicyclic) bond motifs is 4. The van der Waals surface area contributed by atoms with Gasteiger partial charge >= 0.3 is 6.18 Å². The molecule has 5 rings (SSSR count). The predicted molar refractivity (Wildman–Crippen MR) is 95.1 cm³/mol. The molecular formula is C17H16ClF3N6. The Labute approximate surface area is 157 Å². The van der Waals surface area contributed by atoms with Crippen LogP contribution in [-0.2, 0) is 6.18 Å². The van der Waals surface area contributed by atoms with Gasteiger partial charge in [-0.2, -0.15) is 13.2 Å². The number of anilines is 1. The van der Waals surface area contributed by atoms with E-state index >= 15 is 0 Å². The number of hydrogen-bond donors (Lipinski definition) is 0. The molecule has 1 unspecified atom stereocenters. The number of piperazine rings is 1. The third kappa shape index (κ3) is 2.71. The first-order valence-electron chi connectivity index (χ1n) is 8.81. The average Bonchev–Trinajstić information content (AvgIpc) is 3.28. The highest BCUT2D eigenvalue weighted by molar-refractivity contribution is 6.32. The Bertz CT molecular complexity index is 1030. The molecule has 2 aliphatic heterocycles. The molecule has 142 valence electrons. The Hall–Kier alpha value is -2.13. The summed E-state index contributed by atoms with van der Waals surface area (Å²) in [7, 11) is 0. The van der Waals surface area contributed by atoms with Crippen LogP contribution in [0.3, 0.4) is 0 Å². The maximum absolute atomic E-state index is 13.2. The Balaban J connectivity index is 1.66. The minimum atomic E-state index is -4.54. The van der Waals surface area contributed by atoms with Gasteiger partial charge in [0.05, 0.1) is 21.6 Å². The monoisotopic (exact) mass is 396 g/mol. The normalized spacial score (nSPS) is 21.3. The first-order valence-corrected chi connectivity index (χ1v) is 9.19. The first-order chi connectivity index (χ1) is 12.9. The molecule has 6 nitrogen and oxygen atoms in total. The largest absolute Gasteiger partial charge is 0.417 e. The van der Waals surface area contributed by atoms with Gasteiger partial charge in [-0.1, -0.05) is 11.6 Å². The molecule has 1 aromatic carbocycles. The standard InChI is InChI=1S/C17H16ClF3N6/c18-12-7-13-14(6-11(12)17(19,20)21)27-9-22-24-16(27)15(23-13)26-5-4-25-3-1-2-10(25)8-26/h6-7,9-10H,1-5,8H2. The van der Waals surface area contributed by atoms with E-state index in [1.54, 1.807) is 4.40 Å². The van der Waals surface area contributed by atoms with Crippen molar-refractivity contribution in [2.75, 3.05) is 31.1 Å². The summed E-state index contributed by atoms with van der Waals surface area (Å²) in [6.07, 6.45) is -0.778. The fourth-order valence-electron chi connectivity index (χ4n) is 4.17. The van der Waals surface area contributed by atoms with Gasteiger partial charge in [0.15, 0.2) is 5.82 Å². The molecule has 2 aromatic heterocycles. The highest BCUT2D eigenvalue weighted by atomic mass is 35.5. The SMILES string of the molecule is FC(F)(F)c1cc2c(cc1Cl)nc(N1CCN3CCCC3C1)c1nncn12. The molecule has 3 aromatic rings. The fourth-order valence-corrected chi connectivity index (χ4v) is 4.44. The molecule has 0 N–H and O–H groups in total. The summed E-state index contributed by atoms with van der Waals surface area (Å²) < 4.78 is 41.3. The lowest BCUT2D eigenvalue weighted by Crippen LogP contribution is -2.50. The lowest BCUT2D eigenvalue weighted by molar-refractivity contribution is -0.137. The van der Waals surface area contributed by atoms with Crippen molar-refractivity contribution >= 4 is 34.1 Å². The zero-order valence-corrected chi connectivity index (χ0v) is 15.0. The molecule has 0 aliphatic carbocycles. The molecule has 27 heavy (non-hydrogen) atoms. The second kappa shape index (κ2) is 5.93. The van der Waals surface area contributed by atoms with Crippen molar-refractivity contribution in [1.82, 2.24) is 24.5 Å². The van der Waals surface area contributed by atoms with Crippen LogP contribution in [-0.4, -0.2) is 56.7 Å². The molecule has 4 heterocycles. The molecule has 1 atom stereocenters. The number of alkyl halides is 3. The van der Waals surface area contributed by atoms with Gasteiger partial charge in [0.25, 0.3) is 0 Å². The van der Waals surface area contributed by atoms with Crippen LogP contribution in [0.25, 0.3) is 16.7 Å². The van der Waals surface area contributed by atoms with Gasteiger partial charge in [-0.25, -0.2) is 4.98 Å². The van der Waals surface area contributed by atoms with Crippen LogP contribution >= 0.6 is 11.6 Å². The smallest absolute Gasteiger partial charge is 0.351 e. The van der Waals surface area contributed by atoms with Gasteiger partial charge in [0.1, 0.15) is 6.33 Å². The van der Waals surface area contributed by atoms with Crippen LogP contribution in [0.4, 0.5) is 19.0 Å². The van der Waals surface area contributed by atoms with E-state index in [0.717, 1.165) is 38.7 Å². The van der Waals surface area contributed by atoms with E-state index in [4.69, 9.17) is 11.6 Å². The van der Waals surface area contributed by atoms with Gasteiger partial charge < -0.3 is 4.90 Å². The average molecular weight is 397 g/mol. The second-order valence-electron chi connectivity index (χ2n) is 7.06. The molecule has 10 heteroatoms. The number of benzene rings is 1. The minimum absolute atomic E-state index is 0.287. The second-order valence-corrected chi connectivity index (χ2v) is 7.46. The zero-order chi connectivity index (χ0) is 18.8. The van der Waals surface area contributed by atoms with Gasteiger partial charge in [-0.3, -0.25) is 9.30 Å². The maximum Gasteiger partial charge on any atom is 0.417 e. The fraction of sp³-hybridized carbons (Fsp3) is 0.471. The Morgan fingerprint density at radius 1 is 1.15 bits per heavy atom. The molecule has 0 spiro atoms. The highest BCUT2D eigenvalue weighted by Gasteiger charge is 2.35. The summed E-state index contributed by atoms with van der Waals surface area (Å²) >= 11 is 5.90. The van der Waals surface area contributed by atoms with E-state index < -0.39 is 11.7 Å². The molecular weight excluding hydrogens is 381 g/mol. The van der Waals surface area contributed by atoms with Crippen LogP contribution in [0, 0.1) is 0 Å². The van der Waals surface area contributed by atoms with Crippen LogP contribution in [0.5, 0.6) is 0 Å². The molecule has 2 saturated heterocycles. The van der Waals surface area contributed by atoms with Crippen LogP contribution in [0.2, 0.25) is 5.02 Å². The van der Waals surface area contributed by atoms with E-state index in [1.807, 2.05) is 0 Å². The first kappa shape index (κ1) is 17.0. The number of aromatic nitrogens is 4. The topological polar surface area (TPSA) is 49.6 Å². The summed E-state index contributed by atoms with van der Waals surface area (Å²) in [5.41, 5.74) is 0.254. The zero-order valence-electron chi connectivity index (χ0n) is 14.2. The van der Waals surface area contributed by atoms with Crippen molar-refractivity contribution in [3.05, 3.63) is 29.0 Å². The lowest BCUT2D eigenvalue weighted by Gasteiger charge is -2.38. The van der Waals surface area contributed by atoms with Gasteiger partial charge in [0, 0.05) is 25.7 Å². The van der Waals surface area contributed by atoms with Crippen molar-refractivity contribution in [3.63, 3.8) is 0 Å².